The number of amides is 1. The van der Waals surface area contributed by atoms with Gasteiger partial charge in [0.1, 0.15) is 11.9 Å². The standard InChI is InChI=1S/C19H19BrFN3OS/c1-23(2)14-4-3-7-24(11-14)19(25)17-9-15(18(20)26-17)12-5-6-13(10-22)16(21)8-12/h5-6,8-9,14H,3-4,7,11H2,1-2H3/t14-/m1/s1. The van der Waals surface area contributed by atoms with E-state index in [2.05, 4.69) is 20.8 Å². The van der Waals surface area contributed by atoms with Crippen molar-refractivity contribution < 1.29 is 9.18 Å². The van der Waals surface area contributed by atoms with E-state index in [0.29, 0.717) is 16.5 Å². The van der Waals surface area contributed by atoms with Gasteiger partial charge in [0.15, 0.2) is 0 Å². The minimum absolute atomic E-state index is 0.0134. The molecule has 4 nitrogen and oxygen atoms in total. The number of piperidine rings is 1. The maximum atomic E-state index is 13.9. The summed E-state index contributed by atoms with van der Waals surface area (Å²) in [5.41, 5.74) is 1.43. The van der Waals surface area contributed by atoms with E-state index in [4.69, 9.17) is 5.26 Å². The van der Waals surface area contributed by atoms with Gasteiger partial charge in [-0.25, -0.2) is 4.39 Å². The maximum Gasteiger partial charge on any atom is 0.264 e. The minimum atomic E-state index is -0.555. The predicted molar refractivity (Wildman–Crippen MR) is 105 cm³/mol. The molecule has 0 bridgehead atoms. The van der Waals surface area contributed by atoms with E-state index < -0.39 is 5.82 Å². The van der Waals surface area contributed by atoms with Gasteiger partial charge in [-0.05, 0) is 66.6 Å². The number of nitriles is 1. The van der Waals surface area contributed by atoms with E-state index in [0.717, 1.165) is 35.3 Å². The average molecular weight is 436 g/mol. The van der Waals surface area contributed by atoms with E-state index in [-0.39, 0.29) is 11.5 Å². The van der Waals surface area contributed by atoms with Crippen molar-refractivity contribution in [3.05, 3.63) is 44.3 Å². The summed E-state index contributed by atoms with van der Waals surface area (Å²) >= 11 is 4.85. The summed E-state index contributed by atoms with van der Waals surface area (Å²) in [7, 11) is 4.08. The van der Waals surface area contributed by atoms with Crippen LogP contribution in [0.4, 0.5) is 4.39 Å². The fraction of sp³-hybridized carbons (Fsp3) is 0.368. The Morgan fingerprint density at radius 2 is 2.19 bits per heavy atom. The lowest BCUT2D eigenvalue weighted by Gasteiger charge is -2.35. The number of carbonyl (C=O) groups is 1. The molecule has 1 amide bonds. The predicted octanol–water partition coefficient (Wildman–Crippen LogP) is 4.35. The maximum absolute atomic E-state index is 13.9. The summed E-state index contributed by atoms with van der Waals surface area (Å²) in [4.78, 5) is 17.6. The zero-order chi connectivity index (χ0) is 18.8. The lowest BCUT2D eigenvalue weighted by atomic mass is 10.0. The second-order valence-corrected chi connectivity index (χ2v) is 8.99. The van der Waals surface area contributed by atoms with Crippen LogP contribution in [0.1, 0.15) is 28.1 Å². The van der Waals surface area contributed by atoms with Gasteiger partial charge in [-0.15, -0.1) is 11.3 Å². The van der Waals surface area contributed by atoms with E-state index in [1.54, 1.807) is 12.1 Å². The third kappa shape index (κ3) is 3.83. The normalized spacial score (nSPS) is 17.4. The zero-order valence-electron chi connectivity index (χ0n) is 14.6. The molecule has 0 radical (unpaired) electrons. The van der Waals surface area contributed by atoms with Crippen LogP contribution in [0.5, 0.6) is 0 Å². The largest absolute Gasteiger partial charge is 0.336 e. The molecule has 1 fully saturated rings. The molecule has 0 N–H and O–H groups in total. The van der Waals surface area contributed by atoms with Gasteiger partial charge < -0.3 is 9.80 Å². The van der Waals surface area contributed by atoms with Gasteiger partial charge in [-0.3, -0.25) is 4.79 Å². The van der Waals surface area contributed by atoms with Crippen molar-refractivity contribution in [2.24, 2.45) is 0 Å². The first-order valence-electron chi connectivity index (χ1n) is 8.35. The minimum Gasteiger partial charge on any atom is -0.336 e. The van der Waals surface area contributed by atoms with E-state index in [1.807, 2.05) is 25.1 Å². The Labute approximate surface area is 165 Å². The summed E-state index contributed by atoms with van der Waals surface area (Å²) in [6.07, 6.45) is 2.09. The molecule has 2 aromatic rings. The third-order valence-corrected chi connectivity index (χ3v) is 6.54. The van der Waals surface area contributed by atoms with Crippen molar-refractivity contribution in [2.45, 2.75) is 18.9 Å². The fourth-order valence-electron chi connectivity index (χ4n) is 3.16. The molecular formula is C19H19BrFN3OS. The Morgan fingerprint density at radius 1 is 1.42 bits per heavy atom. The van der Waals surface area contributed by atoms with Crippen molar-refractivity contribution in [2.75, 3.05) is 27.2 Å². The molecule has 26 heavy (non-hydrogen) atoms. The highest BCUT2D eigenvalue weighted by Crippen LogP contribution is 2.37. The van der Waals surface area contributed by atoms with E-state index in [1.165, 1.54) is 23.5 Å². The quantitative estimate of drug-likeness (QED) is 0.719. The van der Waals surface area contributed by atoms with Crippen LogP contribution in [-0.4, -0.2) is 48.9 Å². The number of nitrogens with zero attached hydrogens (tertiary/aromatic N) is 3. The topological polar surface area (TPSA) is 47.3 Å². The second kappa shape index (κ2) is 7.87. The number of carbonyl (C=O) groups excluding carboxylic acids is 1. The van der Waals surface area contributed by atoms with Crippen LogP contribution in [0.3, 0.4) is 0 Å². The third-order valence-electron chi connectivity index (χ3n) is 4.71. The Kier molecular flexibility index (Phi) is 5.76. The van der Waals surface area contributed by atoms with Crippen LogP contribution in [0, 0.1) is 17.1 Å². The number of likely N-dealkylation sites (N-methyl/N-ethyl adjacent to an activating group) is 1. The Morgan fingerprint density at radius 3 is 2.85 bits per heavy atom. The first-order valence-corrected chi connectivity index (χ1v) is 9.96. The van der Waals surface area contributed by atoms with Gasteiger partial charge in [0.2, 0.25) is 0 Å². The molecule has 1 atom stereocenters. The average Bonchev–Trinajstić information content (AvgIpc) is 3.02. The van der Waals surface area contributed by atoms with Crippen molar-refractivity contribution >= 4 is 33.2 Å². The number of benzene rings is 1. The van der Waals surface area contributed by atoms with E-state index in [9.17, 15) is 9.18 Å². The molecular weight excluding hydrogens is 417 g/mol. The molecule has 0 unspecified atom stereocenters. The number of hydrogen-bond donors (Lipinski definition) is 0. The van der Waals surface area contributed by atoms with Gasteiger partial charge in [0.25, 0.3) is 5.91 Å². The number of halogens is 2. The highest BCUT2D eigenvalue weighted by Gasteiger charge is 2.27. The molecule has 136 valence electrons. The van der Waals surface area contributed by atoms with Crippen LogP contribution in [-0.2, 0) is 0 Å². The lowest BCUT2D eigenvalue weighted by molar-refractivity contribution is 0.0640. The number of rotatable bonds is 3. The lowest BCUT2D eigenvalue weighted by Crippen LogP contribution is -2.47. The number of likely N-dealkylation sites (tertiary alicyclic amines) is 1. The summed E-state index contributed by atoms with van der Waals surface area (Å²) in [6.45, 7) is 1.49. The smallest absolute Gasteiger partial charge is 0.264 e. The molecule has 1 aromatic heterocycles. The SMILES string of the molecule is CN(C)[C@@H]1CCCN(C(=O)c2cc(-c3ccc(C#N)c(F)c3)c(Br)s2)C1. The van der Waals surface area contributed by atoms with Gasteiger partial charge in [0, 0.05) is 24.7 Å². The zero-order valence-corrected chi connectivity index (χ0v) is 17.0. The van der Waals surface area contributed by atoms with Crippen LogP contribution in [0.15, 0.2) is 28.1 Å². The van der Waals surface area contributed by atoms with Gasteiger partial charge in [-0.1, -0.05) is 6.07 Å². The molecule has 0 aliphatic carbocycles. The van der Waals surface area contributed by atoms with Gasteiger partial charge >= 0.3 is 0 Å². The Balaban J connectivity index is 1.85. The summed E-state index contributed by atoms with van der Waals surface area (Å²) in [5, 5.41) is 8.87. The van der Waals surface area contributed by atoms with Crippen LogP contribution < -0.4 is 0 Å². The first kappa shape index (κ1) is 19.0. The van der Waals surface area contributed by atoms with Crippen molar-refractivity contribution in [3.63, 3.8) is 0 Å². The molecule has 3 rings (SSSR count). The van der Waals surface area contributed by atoms with Gasteiger partial charge in [0.05, 0.1) is 14.2 Å². The second-order valence-electron chi connectivity index (χ2n) is 6.62. The van der Waals surface area contributed by atoms with Crippen LogP contribution in [0.2, 0.25) is 0 Å². The summed E-state index contributed by atoms with van der Waals surface area (Å²) in [5.74, 6) is -0.538. The first-order chi connectivity index (χ1) is 12.4. The van der Waals surface area contributed by atoms with E-state index >= 15 is 0 Å². The molecule has 1 saturated heterocycles. The Hall–Kier alpha value is -1.75. The molecule has 1 aliphatic rings. The molecule has 7 heteroatoms. The fourth-order valence-corrected chi connectivity index (χ4v) is 4.90. The van der Waals surface area contributed by atoms with Crippen molar-refractivity contribution in [3.8, 4) is 17.2 Å². The molecule has 1 aliphatic heterocycles. The van der Waals surface area contributed by atoms with Crippen molar-refractivity contribution in [1.82, 2.24) is 9.80 Å². The van der Waals surface area contributed by atoms with Crippen LogP contribution >= 0.6 is 27.3 Å². The monoisotopic (exact) mass is 435 g/mol. The van der Waals surface area contributed by atoms with Crippen molar-refractivity contribution in [1.29, 1.82) is 5.26 Å². The van der Waals surface area contributed by atoms with Crippen LogP contribution in [0.25, 0.3) is 11.1 Å². The Bertz CT molecular complexity index is 874. The highest BCUT2D eigenvalue weighted by molar-refractivity contribution is 9.11. The molecule has 0 spiro atoms. The summed E-state index contributed by atoms with van der Waals surface area (Å²) < 4.78 is 14.7. The molecule has 1 aromatic carbocycles. The number of thiophene rings is 1. The highest BCUT2D eigenvalue weighted by atomic mass is 79.9. The molecule has 0 saturated carbocycles. The van der Waals surface area contributed by atoms with Gasteiger partial charge in [-0.2, -0.15) is 5.26 Å². The number of hydrogen-bond acceptors (Lipinski definition) is 4. The summed E-state index contributed by atoms with van der Waals surface area (Å²) in [6, 6.07) is 8.50. The molecule has 2 heterocycles.